The van der Waals surface area contributed by atoms with E-state index in [1.165, 1.54) is 0 Å². The minimum absolute atomic E-state index is 0.00481. The van der Waals surface area contributed by atoms with Gasteiger partial charge in [-0.15, -0.1) is 5.06 Å². The third kappa shape index (κ3) is 6.56. The highest BCUT2D eigenvalue weighted by Crippen LogP contribution is 2.23. The van der Waals surface area contributed by atoms with Gasteiger partial charge in [0.2, 0.25) is 5.91 Å². The SMILES string of the molecule is N#C[C@H](Cc1ccc(-c2ccc(CN)cc2)cc1)NC(=O)[C@@H]1CCCCN1OC(=O)C(F)(F)F. The van der Waals surface area contributed by atoms with E-state index in [2.05, 4.69) is 10.2 Å². The number of hydrogen-bond donors (Lipinski definition) is 2. The minimum atomic E-state index is -5.16. The zero-order valence-corrected chi connectivity index (χ0v) is 18.3. The van der Waals surface area contributed by atoms with E-state index in [0.717, 1.165) is 27.3 Å². The van der Waals surface area contributed by atoms with Gasteiger partial charge >= 0.3 is 12.1 Å². The van der Waals surface area contributed by atoms with Crippen molar-refractivity contribution in [2.24, 2.45) is 5.73 Å². The first-order chi connectivity index (χ1) is 16.2. The van der Waals surface area contributed by atoms with Gasteiger partial charge < -0.3 is 15.9 Å². The minimum Gasteiger partial charge on any atom is -0.360 e. The molecule has 0 saturated carbocycles. The van der Waals surface area contributed by atoms with E-state index in [1.807, 2.05) is 54.6 Å². The number of carbonyl (C=O) groups excluding carboxylic acids is 2. The van der Waals surface area contributed by atoms with Crippen LogP contribution in [0.3, 0.4) is 0 Å². The van der Waals surface area contributed by atoms with Crippen molar-refractivity contribution < 1.29 is 27.6 Å². The highest BCUT2D eigenvalue weighted by molar-refractivity contribution is 5.83. The molecule has 2 aromatic rings. The number of nitrogens with two attached hydrogens (primary N) is 1. The van der Waals surface area contributed by atoms with Crippen molar-refractivity contribution in [2.75, 3.05) is 6.54 Å². The zero-order chi connectivity index (χ0) is 24.7. The molecule has 0 spiro atoms. The maximum Gasteiger partial charge on any atom is 0.492 e. The number of halogens is 3. The van der Waals surface area contributed by atoms with Crippen LogP contribution in [-0.4, -0.2) is 41.7 Å². The summed E-state index contributed by atoms with van der Waals surface area (Å²) in [4.78, 5) is 28.3. The van der Waals surface area contributed by atoms with E-state index >= 15 is 0 Å². The lowest BCUT2D eigenvalue weighted by Crippen LogP contribution is -2.53. The van der Waals surface area contributed by atoms with Crippen LogP contribution < -0.4 is 11.1 Å². The molecule has 3 N–H and O–H groups in total. The Kier molecular flexibility index (Phi) is 8.26. The van der Waals surface area contributed by atoms with Gasteiger partial charge in [0.15, 0.2) is 0 Å². The van der Waals surface area contributed by atoms with Gasteiger partial charge in [-0.2, -0.15) is 18.4 Å². The predicted molar refractivity (Wildman–Crippen MR) is 118 cm³/mol. The molecule has 2 aromatic carbocycles. The second-order valence-electron chi connectivity index (χ2n) is 8.02. The van der Waals surface area contributed by atoms with Gasteiger partial charge in [-0.1, -0.05) is 48.5 Å². The first-order valence-electron chi connectivity index (χ1n) is 10.9. The van der Waals surface area contributed by atoms with Gasteiger partial charge in [0, 0.05) is 19.5 Å². The lowest BCUT2D eigenvalue weighted by atomic mass is 9.99. The van der Waals surface area contributed by atoms with Crippen LogP contribution in [0.5, 0.6) is 0 Å². The lowest BCUT2D eigenvalue weighted by Gasteiger charge is -2.33. The number of hydroxylamine groups is 2. The third-order valence-electron chi connectivity index (χ3n) is 5.58. The quantitative estimate of drug-likeness (QED) is 0.638. The van der Waals surface area contributed by atoms with Crippen molar-refractivity contribution in [1.82, 2.24) is 10.4 Å². The van der Waals surface area contributed by atoms with E-state index in [9.17, 15) is 28.0 Å². The number of carbonyl (C=O) groups is 2. The Morgan fingerprint density at radius 1 is 1.09 bits per heavy atom. The standard InChI is InChI=1S/C24H25F3N4O3/c25-24(26,27)23(33)34-31-12-2-1-3-21(31)22(32)30-20(15-29)13-16-4-8-18(9-5-16)19-10-6-17(14-28)7-11-19/h4-11,20-21H,1-3,12-14,28H2,(H,30,32)/t20-,21-/m0/s1. The molecule has 1 heterocycles. The Labute approximate surface area is 195 Å². The van der Waals surface area contributed by atoms with Crippen molar-refractivity contribution in [3.8, 4) is 17.2 Å². The molecule has 0 aromatic heterocycles. The molecule has 1 aliphatic heterocycles. The summed E-state index contributed by atoms with van der Waals surface area (Å²) in [6, 6.07) is 15.4. The van der Waals surface area contributed by atoms with Gasteiger partial charge in [-0.3, -0.25) is 4.79 Å². The second-order valence-corrected chi connectivity index (χ2v) is 8.02. The van der Waals surface area contributed by atoms with Crippen molar-refractivity contribution in [3.63, 3.8) is 0 Å². The van der Waals surface area contributed by atoms with Crippen molar-refractivity contribution in [3.05, 3.63) is 59.7 Å². The largest absolute Gasteiger partial charge is 0.492 e. The highest BCUT2D eigenvalue weighted by atomic mass is 19.4. The number of nitriles is 1. The normalized spacial score (nSPS) is 17.4. The van der Waals surface area contributed by atoms with Crippen LogP contribution in [0.1, 0.15) is 30.4 Å². The molecule has 0 aliphatic carbocycles. The monoisotopic (exact) mass is 474 g/mol. The maximum atomic E-state index is 12.7. The fraction of sp³-hybridized carbons (Fsp3) is 0.375. The second kappa shape index (κ2) is 11.1. The first-order valence-corrected chi connectivity index (χ1v) is 10.9. The number of piperidine rings is 1. The Morgan fingerprint density at radius 3 is 2.21 bits per heavy atom. The number of hydrogen-bond acceptors (Lipinski definition) is 6. The van der Waals surface area contributed by atoms with Crippen molar-refractivity contribution in [2.45, 2.75) is 50.5 Å². The Balaban J connectivity index is 1.62. The van der Waals surface area contributed by atoms with Crippen LogP contribution in [0.15, 0.2) is 48.5 Å². The van der Waals surface area contributed by atoms with Gasteiger partial charge in [0.1, 0.15) is 12.1 Å². The van der Waals surface area contributed by atoms with Crippen LogP contribution in [0.4, 0.5) is 13.2 Å². The molecule has 7 nitrogen and oxygen atoms in total. The van der Waals surface area contributed by atoms with E-state index in [-0.39, 0.29) is 19.4 Å². The van der Waals surface area contributed by atoms with E-state index in [1.54, 1.807) is 0 Å². The van der Waals surface area contributed by atoms with Crippen molar-refractivity contribution >= 4 is 11.9 Å². The summed E-state index contributed by atoms with van der Waals surface area (Å²) in [5.74, 6) is -3.03. The molecule has 2 atom stereocenters. The molecule has 1 amide bonds. The van der Waals surface area contributed by atoms with Gasteiger partial charge in [-0.05, 0) is 41.5 Å². The molecule has 1 saturated heterocycles. The molecule has 1 fully saturated rings. The van der Waals surface area contributed by atoms with E-state index in [0.29, 0.717) is 19.4 Å². The number of rotatable bonds is 7. The summed E-state index contributed by atoms with van der Waals surface area (Å²) in [5, 5.41) is 12.8. The predicted octanol–water partition coefficient (Wildman–Crippen LogP) is 3.24. The topological polar surface area (TPSA) is 108 Å². The van der Waals surface area contributed by atoms with Crippen LogP contribution >= 0.6 is 0 Å². The number of amides is 1. The third-order valence-corrected chi connectivity index (χ3v) is 5.58. The molecule has 0 unspecified atom stereocenters. The van der Waals surface area contributed by atoms with Crippen LogP contribution in [-0.2, 0) is 27.4 Å². The number of benzene rings is 2. The van der Waals surface area contributed by atoms with Crippen LogP contribution in [0, 0.1) is 11.3 Å². The number of nitrogens with zero attached hydrogens (tertiary/aromatic N) is 2. The van der Waals surface area contributed by atoms with Gasteiger partial charge in [-0.25, -0.2) is 4.79 Å². The maximum absolute atomic E-state index is 12.7. The molecule has 0 bridgehead atoms. The number of nitrogens with one attached hydrogen (secondary N) is 1. The van der Waals surface area contributed by atoms with Gasteiger partial charge in [0.25, 0.3) is 0 Å². The molecule has 34 heavy (non-hydrogen) atoms. The summed E-state index contributed by atoms with van der Waals surface area (Å²) in [6.45, 7) is 0.467. The van der Waals surface area contributed by atoms with Gasteiger partial charge in [0.05, 0.1) is 6.07 Å². The Morgan fingerprint density at radius 2 is 1.68 bits per heavy atom. The van der Waals surface area contributed by atoms with Crippen molar-refractivity contribution in [1.29, 1.82) is 5.26 Å². The smallest absolute Gasteiger partial charge is 0.360 e. The van der Waals surface area contributed by atoms with Crippen LogP contribution in [0.2, 0.25) is 0 Å². The molecule has 0 radical (unpaired) electrons. The fourth-order valence-electron chi connectivity index (χ4n) is 3.73. The summed E-state index contributed by atoms with van der Waals surface area (Å²) in [7, 11) is 0. The molecular formula is C24H25F3N4O3. The summed E-state index contributed by atoms with van der Waals surface area (Å²) in [5.41, 5.74) is 9.44. The van der Waals surface area contributed by atoms with E-state index < -0.39 is 30.1 Å². The average molecular weight is 474 g/mol. The fourth-order valence-corrected chi connectivity index (χ4v) is 3.73. The average Bonchev–Trinajstić information content (AvgIpc) is 2.83. The Hall–Kier alpha value is -3.42. The first kappa shape index (κ1) is 25.2. The number of alkyl halides is 3. The van der Waals surface area contributed by atoms with E-state index in [4.69, 9.17) is 5.73 Å². The highest BCUT2D eigenvalue weighted by Gasteiger charge is 2.44. The molecule has 1 aliphatic rings. The molecule has 10 heteroatoms. The Bertz CT molecular complexity index is 1030. The summed E-state index contributed by atoms with van der Waals surface area (Å²) < 4.78 is 37.7. The lowest BCUT2D eigenvalue weighted by molar-refractivity contribution is -0.248. The summed E-state index contributed by atoms with van der Waals surface area (Å²) >= 11 is 0. The zero-order valence-electron chi connectivity index (χ0n) is 18.3. The van der Waals surface area contributed by atoms with Crippen LogP contribution in [0.25, 0.3) is 11.1 Å². The molecule has 3 rings (SSSR count). The molecule has 180 valence electrons. The molecular weight excluding hydrogens is 449 g/mol. The summed E-state index contributed by atoms with van der Waals surface area (Å²) in [6.07, 6.45) is -3.66.